The second kappa shape index (κ2) is 8.42. The van der Waals surface area contributed by atoms with Crippen molar-refractivity contribution < 1.29 is 28.6 Å². The summed E-state index contributed by atoms with van der Waals surface area (Å²) >= 11 is 0. The van der Waals surface area contributed by atoms with E-state index in [1.165, 1.54) is 29.2 Å². The van der Waals surface area contributed by atoms with Gasteiger partial charge in [-0.25, -0.2) is 9.37 Å². The normalized spacial score (nSPS) is 18.8. The van der Waals surface area contributed by atoms with Crippen LogP contribution in [0.25, 0.3) is 5.76 Å². The standard InChI is InChI=1S/C24H20FN3O5/c25-17-5-2-15(3-6-17)21-20(22(29)16-4-7-18-19(12-16)33-14-32-18)23(30)24(31)28(21)10-1-9-27-11-8-26-13-27/h2-8,11-13,21,29H,1,9-10,14H2. The average Bonchev–Trinajstić information content (AvgIpc) is 3.56. The van der Waals surface area contributed by atoms with Crippen molar-refractivity contribution in [3.8, 4) is 11.5 Å². The minimum Gasteiger partial charge on any atom is -0.507 e. The van der Waals surface area contributed by atoms with Crippen LogP contribution in [0.1, 0.15) is 23.6 Å². The fourth-order valence-electron chi connectivity index (χ4n) is 4.14. The molecule has 9 heteroatoms. The molecule has 0 spiro atoms. The predicted molar refractivity (Wildman–Crippen MR) is 115 cm³/mol. The Hall–Kier alpha value is -4.14. The van der Waals surface area contributed by atoms with E-state index in [0.717, 1.165) is 0 Å². The molecule has 0 saturated carbocycles. The number of aliphatic hydroxyl groups excluding tert-OH is 1. The van der Waals surface area contributed by atoms with Crippen molar-refractivity contribution in [2.24, 2.45) is 0 Å². The first-order valence-electron chi connectivity index (χ1n) is 10.4. The zero-order chi connectivity index (χ0) is 22.9. The third kappa shape index (κ3) is 3.82. The molecule has 0 aliphatic carbocycles. The minimum atomic E-state index is -0.848. The summed E-state index contributed by atoms with van der Waals surface area (Å²) in [5, 5.41) is 11.1. The number of carbonyl (C=O) groups excluding carboxylic acids is 2. The van der Waals surface area contributed by atoms with Crippen LogP contribution in [0.2, 0.25) is 0 Å². The third-order valence-electron chi connectivity index (χ3n) is 5.75. The zero-order valence-electron chi connectivity index (χ0n) is 17.5. The molecular formula is C24H20FN3O5. The molecule has 5 rings (SSSR count). The lowest BCUT2D eigenvalue weighted by Gasteiger charge is -2.25. The molecule has 8 nitrogen and oxygen atoms in total. The first-order chi connectivity index (χ1) is 16.0. The van der Waals surface area contributed by atoms with Crippen molar-refractivity contribution >= 4 is 17.4 Å². The van der Waals surface area contributed by atoms with E-state index in [2.05, 4.69) is 4.98 Å². The molecule has 3 heterocycles. The van der Waals surface area contributed by atoms with E-state index in [1.807, 2.05) is 10.8 Å². The Morgan fingerprint density at radius 3 is 2.64 bits per heavy atom. The number of likely N-dealkylation sites (tertiary alicyclic amines) is 1. The van der Waals surface area contributed by atoms with Crippen LogP contribution in [0.15, 0.2) is 66.8 Å². The molecule has 2 aromatic carbocycles. The number of carbonyl (C=O) groups is 2. The van der Waals surface area contributed by atoms with Gasteiger partial charge in [0, 0.05) is 31.0 Å². The molecule has 1 atom stereocenters. The maximum absolute atomic E-state index is 13.6. The van der Waals surface area contributed by atoms with Crippen LogP contribution < -0.4 is 9.47 Å². The zero-order valence-corrected chi connectivity index (χ0v) is 17.5. The molecule has 3 aromatic rings. The Morgan fingerprint density at radius 1 is 1.09 bits per heavy atom. The third-order valence-corrected chi connectivity index (χ3v) is 5.75. The number of rotatable bonds is 6. The monoisotopic (exact) mass is 449 g/mol. The fourth-order valence-corrected chi connectivity index (χ4v) is 4.14. The number of amides is 1. The van der Waals surface area contributed by atoms with E-state index < -0.39 is 23.5 Å². The predicted octanol–water partition coefficient (Wildman–Crippen LogP) is 3.26. The number of ether oxygens (including phenoxy) is 2. The van der Waals surface area contributed by atoms with Crippen molar-refractivity contribution in [2.45, 2.75) is 19.0 Å². The molecule has 1 fully saturated rings. The highest BCUT2D eigenvalue weighted by Crippen LogP contribution is 2.41. The summed E-state index contributed by atoms with van der Waals surface area (Å²) < 4.78 is 26.1. The summed E-state index contributed by atoms with van der Waals surface area (Å²) in [7, 11) is 0. The van der Waals surface area contributed by atoms with E-state index in [0.29, 0.717) is 35.6 Å². The summed E-state index contributed by atoms with van der Waals surface area (Å²) in [4.78, 5) is 31.4. The molecule has 1 saturated heterocycles. The van der Waals surface area contributed by atoms with Crippen molar-refractivity contribution in [2.75, 3.05) is 13.3 Å². The Kier molecular flexibility index (Phi) is 5.29. The first-order valence-corrected chi connectivity index (χ1v) is 10.4. The lowest BCUT2D eigenvalue weighted by atomic mass is 9.95. The largest absolute Gasteiger partial charge is 0.507 e. The van der Waals surface area contributed by atoms with E-state index in [1.54, 1.807) is 30.7 Å². The molecule has 2 aliphatic heterocycles. The van der Waals surface area contributed by atoms with Gasteiger partial charge in [0.25, 0.3) is 11.7 Å². The number of ketones is 1. The summed E-state index contributed by atoms with van der Waals surface area (Å²) in [6.07, 6.45) is 5.71. The number of hydrogen-bond acceptors (Lipinski definition) is 6. The Balaban J connectivity index is 1.53. The van der Waals surface area contributed by atoms with Gasteiger partial charge in [-0.3, -0.25) is 9.59 Å². The molecule has 0 bridgehead atoms. The summed E-state index contributed by atoms with van der Waals surface area (Å²) in [6.45, 7) is 0.931. The highest BCUT2D eigenvalue weighted by molar-refractivity contribution is 6.46. The molecular weight excluding hydrogens is 429 g/mol. The number of aryl methyl sites for hydroxylation is 1. The maximum atomic E-state index is 13.6. The van der Waals surface area contributed by atoms with Crippen molar-refractivity contribution in [1.82, 2.24) is 14.5 Å². The van der Waals surface area contributed by atoms with Gasteiger partial charge in [-0.05, 0) is 42.3 Å². The number of aliphatic hydroxyl groups is 1. The van der Waals surface area contributed by atoms with Crippen LogP contribution in [-0.2, 0) is 16.1 Å². The number of hydrogen-bond donors (Lipinski definition) is 1. The Labute approximate surface area is 188 Å². The highest BCUT2D eigenvalue weighted by Gasteiger charge is 2.45. The van der Waals surface area contributed by atoms with E-state index >= 15 is 0 Å². The smallest absolute Gasteiger partial charge is 0.295 e. The van der Waals surface area contributed by atoms with Gasteiger partial charge in [-0.1, -0.05) is 12.1 Å². The van der Waals surface area contributed by atoms with Gasteiger partial charge < -0.3 is 24.0 Å². The Bertz CT molecular complexity index is 1240. The fraction of sp³-hybridized carbons (Fsp3) is 0.208. The summed E-state index contributed by atoms with van der Waals surface area (Å²) in [6, 6.07) is 9.50. The maximum Gasteiger partial charge on any atom is 0.295 e. The van der Waals surface area contributed by atoms with Crippen LogP contribution in [0.3, 0.4) is 0 Å². The second-order valence-corrected chi connectivity index (χ2v) is 7.77. The highest BCUT2D eigenvalue weighted by atomic mass is 19.1. The van der Waals surface area contributed by atoms with Gasteiger partial charge in [0.15, 0.2) is 11.5 Å². The van der Waals surface area contributed by atoms with Gasteiger partial charge >= 0.3 is 0 Å². The van der Waals surface area contributed by atoms with Crippen molar-refractivity contribution in [3.63, 3.8) is 0 Å². The molecule has 1 N–H and O–H groups in total. The van der Waals surface area contributed by atoms with Crippen LogP contribution in [-0.4, -0.2) is 44.6 Å². The van der Waals surface area contributed by atoms with Gasteiger partial charge in [0.05, 0.1) is 17.9 Å². The molecule has 0 radical (unpaired) electrons. The number of fused-ring (bicyclic) bond motifs is 1. The number of aromatic nitrogens is 2. The van der Waals surface area contributed by atoms with Crippen molar-refractivity contribution in [3.05, 3.63) is 83.7 Å². The van der Waals surface area contributed by atoms with Crippen molar-refractivity contribution in [1.29, 1.82) is 0 Å². The van der Waals surface area contributed by atoms with E-state index in [-0.39, 0.29) is 24.7 Å². The van der Waals surface area contributed by atoms with Gasteiger partial charge in [-0.2, -0.15) is 0 Å². The number of nitrogens with zero attached hydrogens (tertiary/aromatic N) is 3. The molecule has 1 unspecified atom stereocenters. The lowest BCUT2D eigenvalue weighted by molar-refractivity contribution is -0.139. The number of imidazole rings is 1. The van der Waals surface area contributed by atoms with Gasteiger partial charge in [-0.15, -0.1) is 0 Å². The van der Waals surface area contributed by atoms with E-state index in [9.17, 15) is 19.1 Å². The van der Waals surface area contributed by atoms with Crippen LogP contribution in [0.5, 0.6) is 11.5 Å². The van der Waals surface area contributed by atoms with Crippen LogP contribution in [0, 0.1) is 5.82 Å². The molecule has 1 aromatic heterocycles. The summed E-state index contributed by atoms with van der Waals surface area (Å²) in [5.74, 6) is -1.29. The molecule has 1 amide bonds. The van der Waals surface area contributed by atoms with Crippen LogP contribution in [0.4, 0.5) is 4.39 Å². The number of Topliss-reactive ketones (excluding diaryl/α,β-unsaturated/α-hetero) is 1. The molecule has 168 valence electrons. The second-order valence-electron chi connectivity index (χ2n) is 7.77. The van der Waals surface area contributed by atoms with Gasteiger partial charge in [0.1, 0.15) is 11.6 Å². The SMILES string of the molecule is O=C1C(=O)N(CCCn2ccnc2)C(c2ccc(F)cc2)C1=C(O)c1ccc2c(c1)OCO2. The lowest BCUT2D eigenvalue weighted by Crippen LogP contribution is -2.31. The average molecular weight is 449 g/mol. The summed E-state index contributed by atoms with van der Waals surface area (Å²) in [5.41, 5.74) is 0.802. The molecule has 2 aliphatic rings. The minimum absolute atomic E-state index is 0.0481. The quantitative estimate of drug-likeness (QED) is 0.353. The number of halogens is 1. The van der Waals surface area contributed by atoms with E-state index in [4.69, 9.17) is 9.47 Å². The molecule has 33 heavy (non-hydrogen) atoms. The Morgan fingerprint density at radius 2 is 1.88 bits per heavy atom. The van der Waals surface area contributed by atoms with Crippen LogP contribution >= 0.6 is 0 Å². The first kappa shape index (κ1) is 20.7. The number of benzene rings is 2. The topological polar surface area (TPSA) is 93.9 Å². The van der Waals surface area contributed by atoms with Gasteiger partial charge in [0.2, 0.25) is 6.79 Å².